The summed E-state index contributed by atoms with van der Waals surface area (Å²) in [5.41, 5.74) is 3.40. The van der Waals surface area contributed by atoms with Gasteiger partial charge in [0.2, 0.25) is 5.79 Å². The van der Waals surface area contributed by atoms with Crippen LogP contribution in [0, 0.1) is 0 Å². The van der Waals surface area contributed by atoms with E-state index in [1.54, 1.807) is 0 Å². The van der Waals surface area contributed by atoms with Gasteiger partial charge in [0.1, 0.15) is 0 Å². The van der Waals surface area contributed by atoms with Crippen LogP contribution in [0.3, 0.4) is 0 Å². The fourth-order valence-electron chi connectivity index (χ4n) is 1.18. The molecular formula is C6H13NO3. The van der Waals surface area contributed by atoms with Crippen molar-refractivity contribution < 1.29 is 15.3 Å². The van der Waals surface area contributed by atoms with E-state index >= 15 is 0 Å². The van der Waals surface area contributed by atoms with Crippen LogP contribution in [0.1, 0.15) is 25.7 Å². The minimum atomic E-state index is -2.09. The molecule has 0 aromatic carbocycles. The van der Waals surface area contributed by atoms with Crippen molar-refractivity contribution in [3.05, 3.63) is 0 Å². The van der Waals surface area contributed by atoms with Gasteiger partial charge in [0.25, 0.3) is 0 Å². The second-order valence-electron chi connectivity index (χ2n) is 2.95. The van der Waals surface area contributed by atoms with Crippen molar-refractivity contribution in [2.75, 3.05) is 0 Å². The average Bonchev–Trinajstić information content (AvgIpc) is 1.77. The Labute approximate surface area is 59.3 Å². The maximum atomic E-state index is 9.18. The number of rotatable bonds is 0. The molecular weight excluding hydrogens is 134 g/mol. The lowest BCUT2D eigenvalue weighted by atomic mass is 9.86. The van der Waals surface area contributed by atoms with Crippen LogP contribution in [-0.4, -0.2) is 26.8 Å². The number of hydrogen-bond acceptors (Lipinski definition) is 4. The highest BCUT2D eigenvalue weighted by molar-refractivity contribution is 4.90. The average molecular weight is 147 g/mol. The van der Waals surface area contributed by atoms with Gasteiger partial charge in [-0.15, -0.1) is 0 Å². The van der Waals surface area contributed by atoms with Crippen molar-refractivity contribution in [1.82, 2.24) is 0 Å². The zero-order valence-electron chi connectivity index (χ0n) is 5.75. The van der Waals surface area contributed by atoms with Gasteiger partial charge in [0, 0.05) is 6.42 Å². The van der Waals surface area contributed by atoms with Gasteiger partial charge in [-0.1, -0.05) is 0 Å². The molecule has 1 saturated carbocycles. The van der Waals surface area contributed by atoms with Crippen LogP contribution in [-0.2, 0) is 0 Å². The zero-order valence-corrected chi connectivity index (χ0v) is 5.75. The monoisotopic (exact) mass is 147 g/mol. The highest BCUT2D eigenvalue weighted by Gasteiger charge is 2.46. The fraction of sp³-hybridized carbons (Fsp3) is 1.00. The molecule has 1 unspecified atom stereocenters. The maximum absolute atomic E-state index is 9.18. The molecule has 0 radical (unpaired) electrons. The number of hydrogen-bond donors (Lipinski definition) is 4. The lowest BCUT2D eigenvalue weighted by Crippen LogP contribution is -2.62. The first-order chi connectivity index (χ1) is 4.46. The summed E-state index contributed by atoms with van der Waals surface area (Å²) in [7, 11) is 0. The molecule has 60 valence electrons. The second-order valence-corrected chi connectivity index (χ2v) is 2.95. The fourth-order valence-corrected chi connectivity index (χ4v) is 1.18. The van der Waals surface area contributed by atoms with Crippen molar-refractivity contribution in [1.29, 1.82) is 0 Å². The van der Waals surface area contributed by atoms with Crippen molar-refractivity contribution in [2.45, 2.75) is 37.2 Å². The highest BCUT2D eigenvalue weighted by Crippen LogP contribution is 2.31. The normalized spacial score (nSPS) is 39.6. The summed E-state index contributed by atoms with van der Waals surface area (Å²) >= 11 is 0. The van der Waals surface area contributed by atoms with Crippen LogP contribution in [0.5, 0.6) is 0 Å². The quantitative estimate of drug-likeness (QED) is 0.327. The second kappa shape index (κ2) is 2.17. The first kappa shape index (κ1) is 7.94. The predicted molar refractivity (Wildman–Crippen MR) is 34.8 cm³/mol. The topological polar surface area (TPSA) is 86.7 Å². The molecule has 1 fully saturated rings. The highest BCUT2D eigenvalue weighted by atomic mass is 16.5. The summed E-state index contributed by atoms with van der Waals surface area (Å²) in [6.07, 6.45) is 1.85. The molecule has 0 amide bonds. The Morgan fingerprint density at radius 3 is 1.80 bits per heavy atom. The Morgan fingerprint density at radius 2 is 1.50 bits per heavy atom. The van der Waals surface area contributed by atoms with Crippen LogP contribution in [0.15, 0.2) is 0 Å². The van der Waals surface area contributed by atoms with Gasteiger partial charge in [-0.25, -0.2) is 0 Å². The summed E-state index contributed by atoms with van der Waals surface area (Å²) in [5, 5.41) is 27.3. The largest absolute Gasteiger partial charge is 0.371 e. The lowest BCUT2D eigenvalue weighted by molar-refractivity contribution is -0.289. The molecule has 4 nitrogen and oxygen atoms in total. The third-order valence-corrected chi connectivity index (χ3v) is 2.03. The molecule has 1 aliphatic rings. The van der Waals surface area contributed by atoms with Crippen molar-refractivity contribution in [3.8, 4) is 0 Å². The van der Waals surface area contributed by atoms with E-state index in [1.165, 1.54) is 0 Å². The van der Waals surface area contributed by atoms with Gasteiger partial charge in [-0.05, 0) is 19.3 Å². The van der Waals surface area contributed by atoms with Gasteiger partial charge in [-0.2, -0.15) is 0 Å². The minimum Gasteiger partial charge on any atom is -0.371 e. The molecule has 0 spiro atoms. The van der Waals surface area contributed by atoms with Crippen LogP contribution in [0.4, 0.5) is 0 Å². The standard InChI is InChI=1S/C6H13NO3/c7-5(8)3-1-2-4-6(5,9)10/h8-10H,1-4,7H2. The molecule has 1 rings (SSSR count). The Bertz CT molecular complexity index is 117. The third-order valence-electron chi connectivity index (χ3n) is 2.03. The summed E-state index contributed by atoms with van der Waals surface area (Å²) in [4.78, 5) is 0. The van der Waals surface area contributed by atoms with E-state index in [0.29, 0.717) is 6.42 Å². The van der Waals surface area contributed by atoms with Gasteiger partial charge in [0.15, 0.2) is 5.72 Å². The van der Waals surface area contributed by atoms with E-state index in [1.807, 2.05) is 0 Å². The Kier molecular flexibility index (Phi) is 1.72. The third kappa shape index (κ3) is 1.15. The van der Waals surface area contributed by atoms with Crippen LogP contribution in [0.2, 0.25) is 0 Å². The summed E-state index contributed by atoms with van der Waals surface area (Å²) < 4.78 is 0. The number of aliphatic hydroxyl groups is 3. The van der Waals surface area contributed by atoms with Gasteiger partial charge in [0.05, 0.1) is 0 Å². The van der Waals surface area contributed by atoms with E-state index in [4.69, 9.17) is 15.9 Å². The van der Waals surface area contributed by atoms with E-state index < -0.39 is 11.5 Å². The molecule has 0 aliphatic heterocycles. The number of nitrogens with two attached hydrogens (primary N) is 1. The Morgan fingerprint density at radius 1 is 1.00 bits per heavy atom. The lowest BCUT2D eigenvalue weighted by Gasteiger charge is -2.39. The van der Waals surface area contributed by atoms with Gasteiger partial charge < -0.3 is 15.3 Å². The maximum Gasteiger partial charge on any atom is 0.206 e. The molecule has 10 heavy (non-hydrogen) atoms. The van der Waals surface area contributed by atoms with Crippen LogP contribution in [0.25, 0.3) is 0 Å². The molecule has 0 aromatic rings. The summed E-state index contributed by atoms with van der Waals surface area (Å²) in [6, 6.07) is 0. The van der Waals surface area contributed by atoms with Crippen molar-refractivity contribution in [3.63, 3.8) is 0 Å². The minimum absolute atomic E-state index is 0.153. The summed E-state index contributed by atoms with van der Waals surface area (Å²) in [5.74, 6) is -2.09. The smallest absolute Gasteiger partial charge is 0.206 e. The van der Waals surface area contributed by atoms with E-state index in [0.717, 1.165) is 6.42 Å². The Hall–Kier alpha value is -0.160. The molecule has 0 aromatic heterocycles. The molecule has 0 saturated heterocycles. The molecule has 0 heterocycles. The SMILES string of the molecule is NC1(O)CCCCC1(O)O. The summed E-state index contributed by atoms with van der Waals surface area (Å²) in [6.45, 7) is 0. The molecule has 0 bridgehead atoms. The molecule has 4 heteroatoms. The van der Waals surface area contributed by atoms with E-state index in [9.17, 15) is 5.11 Å². The zero-order chi connectivity index (χ0) is 7.83. The molecule has 5 N–H and O–H groups in total. The first-order valence-corrected chi connectivity index (χ1v) is 3.42. The Balaban J connectivity index is 2.70. The van der Waals surface area contributed by atoms with Crippen molar-refractivity contribution >= 4 is 0 Å². The van der Waals surface area contributed by atoms with Gasteiger partial charge in [-0.3, -0.25) is 5.73 Å². The predicted octanol–water partition coefficient (Wildman–Crippen LogP) is -1.11. The van der Waals surface area contributed by atoms with Crippen molar-refractivity contribution in [2.24, 2.45) is 5.73 Å². The molecule has 1 atom stereocenters. The van der Waals surface area contributed by atoms with Gasteiger partial charge >= 0.3 is 0 Å². The van der Waals surface area contributed by atoms with E-state index in [2.05, 4.69) is 0 Å². The van der Waals surface area contributed by atoms with E-state index in [-0.39, 0.29) is 12.8 Å². The molecule has 1 aliphatic carbocycles. The van der Waals surface area contributed by atoms with Crippen LogP contribution < -0.4 is 5.73 Å². The first-order valence-electron chi connectivity index (χ1n) is 3.42. The van der Waals surface area contributed by atoms with Crippen LogP contribution >= 0.6 is 0 Å².